The third-order valence-electron chi connectivity index (χ3n) is 3.93. The molecule has 0 radical (unpaired) electrons. The lowest BCUT2D eigenvalue weighted by Gasteiger charge is -2.19. The number of hydrogen-bond acceptors (Lipinski definition) is 3. The fourth-order valence-electron chi connectivity index (χ4n) is 2.89. The predicted octanol–water partition coefficient (Wildman–Crippen LogP) is 2.90. The molecule has 1 aromatic rings. The summed E-state index contributed by atoms with van der Waals surface area (Å²) in [6.07, 6.45) is 2.79. The highest BCUT2D eigenvalue weighted by atomic mass is 16.3. The van der Waals surface area contributed by atoms with Gasteiger partial charge in [0.25, 0.3) is 0 Å². The Bertz CT molecular complexity index is 429. The zero-order valence-electron chi connectivity index (χ0n) is 12.6. The molecule has 1 fully saturated rings. The summed E-state index contributed by atoms with van der Waals surface area (Å²) in [5, 5.41) is 9.75. The maximum Gasteiger partial charge on any atom is 0.0581 e. The van der Waals surface area contributed by atoms with Crippen molar-refractivity contribution in [1.82, 2.24) is 9.88 Å². The quantitative estimate of drug-likeness (QED) is 0.906. The zero-order valence-corrected chi connectivity index (χ0v) is 12.6. The minimum absolute atomic E-state index is 0.123. The molecule has 1 aliphatic carbocycles. The molecule has 1 aliphatic rings. The summed E-state index contributed by atoms with van der Waals surface area (Å²) >= 11 is 0. The van der Waals surface area contributed by atoms with Crippen LogP contribution in [0.25, 0.3) is 0 Å². The van der Waals surface area contributed by atoms with Crippen molar-refractivity contribution in [2.24, 2.45) is 0 Å². The van der Waals surface area contributed by atoms with Crippen LogP contribution in [0.15, 0.2) is 12.1 Å². The molecule has 1 aromatic heterocycles. The monoisotopic (exact) mass is 262 g/mol. The SMILES string of the molecule is CC(C)c1ccc(C2CCC(O)C2)c(CN(C)C)n1. The maximum absolute atomic E-state index is 9.75. The van der Waals surface area contributed by atoms with Crippen molar-refractivity contribution in [3.63, 3.8) is 0 Å². The third kappa shape index (κ3) is 3.54. The molecule has 2 rings (SSSR count). The standard InChI is InChI=1S/C16H26N2O/c1-11(2)15-8-7-14(12-5-6-13(19)9-12)16(17-15)10-18(3)4/h7-8,11-13,19H,5-6,9-10H2,1-4H3. The van der Waals surface area contributed by atoms with E-state index < -0.39 is 0 Å². The van der Waals surface area contributed by atoms with E-state index in [0.29, 0.717) is 11.8 Å². The van der Waals surface area contributed by atoms with E-state index in [4.69, 9.17) is 4.98 Å². The topological polar surface area (TPSA) is 36.4 Å². The number of rotatable bonds is 4. The van der Waals surface area contributed by atoms with Crippen molar-refractivity contribution < 1.29 is 5.11 Å². The van der Waals surface area contributed by atoms with E-state index in [-0.39, 0.29) is 6.10 Å². The average Bonchev–Trinajstić information content (AvgIpc) is 2.74. The smallest absolute Gasteiger partial charge is 0.0581 e. The van der Waals surface area contributed by atoms with Gasteiger partial charge in [0.1, 0.15) is 0 Å². The van der Waals surface area contributed by atoms with Crippen LogP contribution in [0.3, 0.4) is 0 Å². The van der Waals surface area contributed by atoms with Gasteiger partial charge in [-0.2, -0.15) is 0 Å². The predicted molar refractivity (Wildman–Crippen MR) is 78.3 cm³/mol. The summed E-state index contributed by atoms with van der Waals surface area (Å²) in [5.41, 5.74) is 3.70. The molecular formula is C16H26N2O. The number of aliphatic hydroxyl groups is 1. The van der Waals surface area contributed by atoms with Crippen LogP contribution in [0.4, 0.5) is 0 Å². The maximum atomic E-state index is 9.75. The summed E-state index contributed by atoms with van der Waals surface area (Å²) in [5.74, 6) is 0.947. The summed E-state index contributed by atoms with van der Waals surface area (Å²) in [6.45, 7) is 5.24. The summed E-state index contributed by atoms with van der Waals surface area (Å²) in [4.78, 5) is 7.03. The molecule has 2 unspecified atom stereocenters. The van der Waals surface area contributed by atoms with Crippen LogP contribution in [-0.4, -0.2) is 35.2 Å². The number of aromatic nitrogens is 1. The summed E-state index contributed by atoms with van der Waals surface area (Å²) in [7, 11) is 4.16. The Kier molecular flexibility index (Phi) is 4.58. The first kappa shape index (κ1) is 14.5. The zero-order chi connectivity index (χ0) is 14.0. The van der Waals surface area contributed by atoms with Gasteiger partial charge in [0.2, 0.25) is 0 Å². The molecule has 19 heavy (non-hydrogen) atoms. The largest absolute Gasteiger partial charge is 0.393 e. The molecular weight excluding hydrogens is 236 g/mol. The second kappa shape index (κ2) is 6.02. The Morgan fingerprint density at radius 3 is 2.58 bits per heavy atom. The molecule has 0 saturated heterocycles. The fraction of sp³-hybridized carbons (Fsp3) is 0.688. The van der Waals surface area contributed by atoms with Gasteiger partial charge < -0.3 is 10.0 Å². The second-order valence-corrected chi connectivity index (χ2v) is 6.33. The molecule has 3 nitrogen and oxygen atoms in total. The molecule has 0 aliphatic heterocycles. The first-order valence-corrected chi connectivity index (χ1v) is 7.30. The lowest BCUT2D eigenvalue weighted by molar-refractivity contribution is 0.181. The van der Waals surface area contributed by atoms with Crippen LogP contribution in [0, 0.1) is 0 Å². The number of hydrogen-bond donors (Lipinski definition) is 1. The van der Waals surface area contributed by atoms with Crippen molar-refractivity contribution in [2.45, 2.75) is 57.6 Å². The molecule has 1 N–H and O–H groups in total. The van der Waals surface area contributed by atoms with Gasteiger partial charge in [-0.3, -0.25) is 4.98 Å². The van der Waals surface area contributed by atoms with Gasteiger partial charge >= 0.3 is 0 Å². The number of aliphatic hydroxyl groups excluding tert-OH is 1. The van der Waals surface area contributed by atoms with E-state index in [0.717, 1.165) is 25.8 Å². The minimum atomic E-state index is -0.123. The highest BCUT2D eigenvalue weighted by Crippen LogP contribution is 2.36. The molecule has 2 atom stereocenters. The summed E-state index contributed by atoms with van der Waals surface area (Å²) in [6, 6.07) is 4.40. The second-order valence-electron chi connectivity index (χ2n) is 6.33. The fourth-order valence-corrected chi connectivity index (χ4v) is 2.89. The molecule has 0 bridgehead atoms. The molecule has 0 spiro atoms. The van der Waals surface area contributed by atoms with Gasteiger partial charge in [0.05, 0.1) is 11.8 Å². The van der Waals surface area contributed by atoms with Crippen molar-refractivity contribution >= 4 is 0 Å². The third-order valence-corrected chi connectivity index (χ3v) is 3.93. The van der Waals surface area contributed by atoms with Gasteiger partial charge in [-0.1, -0.05) is 19.9 Å². The highest BCUT2D eigenvalue weighted by Gasteiger charge is 2.26. The van der Waals surface area contributed by atoms with Crippen molar-refractivity contribution in [2.75, 3.05) is 14.1 Å². The minimum Gasteiger partial charge on any atom is -0.393 e. The van der Waals surface area contributed by atoms with Crippen molar-refractivity contribution in [3.05, 3.63) is 29.1 Å². The molecule has 0 amide bonds. The molecule has 1 heterocycles. The van der Waals surface area contributed by atoms with Gasteiger partial charge in [-0.15, -0.1) is 0 Å². The Hall–Kier alpha value is -0.930. The lowest BCUT2D eigenvalue weighted by atomic mass is 9.94. The Labute approximate surface area is 116 Å². The Balaban J connectivity index is 2.30. The van der Waals surface area contributed by atoms with E-state index in [9.17, 15) is 5.11 Å². The molecule has 3 heteroatoms. The highest BCUT2D eigenvalue weighted by molar-refractivity contribution is 5.29. The van der Waals surface area contributed by atoms with Crippen LogP contribution in [0.1, 0.15) is 61.9 Å². The number of pyridine rings is 1. The van der Waals surface area contributed by atoms with E-state index in [1.807, 2.05) is 0 Å². The van der Waals surface area contributed by atoms with E-state index >= 15 is 0 Å². The Morgan fingerprint density at radius 2 is 2.05 bits per heavy atom. The number of nitrogens with zero attached hydrogens (tertiary/aromatic N) is 2. The first-order valence-electron chi connectivity index (χ1n) is 7.30. The van der Waals surface area contributed by atoms with Gasteiger partial charge in [0, 0.05) is 12.2 Å². The average molecular weight is 262 g/mol. The molecule has 106 valence electrons. The van der Waals surface area contributed by atoms with Gasteiger partial charge in [-0.05, 0) is 56.8 Å². The lowest BCUT2D eigenvalue weighted by Crippen LogP contribution is -2.16. The van der Waals surface area contributed by atoms with Gasteiger partial charge in [-0.25, -0.2) is 0 Å². The van der Waals surface area contributed by atoms with Gasteiger partial charge in [0.15, 0.2) is 0 Å². The normalized spacial score (nSPS) is 23.5. The molecule has 1 saturated carbocycles. The molecule has 0 aromatic carbocycles. The summed E-state index contributed by atoms with van der Waals surface area (Å²) < 4.78 is 0. The van der Waals surface area contributed by atoms with Crippen LogP contribution in [0.2, 0.25) is 0 Å². The van der Waals surface area contributed by atoms with E-state index in [1.54, 1.807) is 0 Å². The van der Waals surface area contributed by atoms with E-state index in [1.165, 1.54) is 17.0 Å². The van der Waals surface area contributed by atoms with Crippen LogP contribution < -0.4 is 0 Å². The Morgan fingerprint density at radius 1 is 1.32 bits per heavy atom. The van der Waals surface area contributed by atoms with Crippen LogP contribution in [0.5, 0.6) is 0 Å². The first-order chi connectivity index (χ1) is 8.97. The van der Waals surface area contributed by atoms with E-state index in [2.05, 4.69) is 45.0 Å². The van der Waals surface area contributed by atoms with Crippen LogP contribution in [-0.2, 0) is 6.54 Å². The van der Waals surface area contributed by atoms with Crippen molar-refractivity contribution in [1.29, 1.82) is 0 Å². The van der Waals surface area contributed by atoms with Crippen LogP contribution >= 0.6 is 0 Å². The van der Waals surface area contributed by atoms with Crippen molar-refractivity contribution in [3.8, 4) is 0 Å².